The number of rotatable bonds is 5. The van der Waals surface area contributed by atoms with Gasteiger partial charge < -0.3 is 15.5 Å². The van der Waals surface area contributed by atoms with E-state index in [1.807, 2.05) is 6.92 Å². The van der Waals surface area contributed by atoms with E-state index in [4.69, 9.17) is 5.11 Å². The molecule has 4 N–H and O–H groups in total. The van der Waals surface area contributed by atoms with Crippen molar-refractivity contribution in [3.05, 3.63) is 81.9 Å². The second kappa shape index (κ2) is 9.45. The lowest BCUT2D eigenvalue weighted by Crippen LogP contribution is -2.16. The number of alkyl halides is 3. The highest BCUT2D eigenvalue weighted by Gasteiger charge is 2.39. The summed E-state index contributed by atoms with van der Waals surface area (Å²) in [4.78, 5) is 23.8. The van der Waals surface area contributed by atoms with E-state index in [-0.39, 0.29) is 39.5 Å². The quantitative estimate of drug-likeness (QED) is 0.193. The third kappa shape index (κ3) is 5.04. The first kappa shape index (κ1) is 25.5. The number of carbonyl (C=O) groups is 2. The standard InChI is InChI=1S/C27H22F3N3O4/c1-13-4-6-17(11-14(13)2)22-19(27(28,29)30)8-7-18-23(22)31-25(35)24(18)33-32-20-9-5-16(12-21(20)34)10-15(3)26(36)37/h4-12,32,34H,1-3H3,(H,36,37)(H,31,33,35). The van der Waals surface area contributed by atoms with Crippen LogP contribution >= 0.6 is 0 Å². The smallest absolute Gasteiger partial charge is 0.417 e. The molecule has 0 spiro atoms. The Bertz CT molecular complexity index is 1510. The maximum Gasteiger partial charge on any atom is 0.417 e. The van der Waals surface area contributed by atoms with E-state index in [1.54, 1.807) is 25.1 Å². The van der Waals surface area contributed by atoms with Crippen LogP contribution in [-0.2, 0) is 15.8 Å². The summed E-state index contributed by atoms with van der Waals surface area (Å²) < 4.78 is 41.8. The van der Waals surface area contributed by atoms with Crippen LogP contribution in [0.25, 0.3) is 17.2 Å². The largest absolute Gasteiger partial charge is 0.506 e. The number of nitrogens with one attached hydrogen (secondary N) is 2. The maximum absolute atomic E-state index is 13.9. The molecule has 0 saturated heterocycles. The monoisotopic (exact) mass is 509 g/mol. The number of carbonyl (C=O) groups excluding carboxylic acids is 1. The topological polar surface area (TPSA) is 111 Å². The number of phenolic OH excluding ortho intramolecular Hbond substituents is 1. The van der Waals surface area contributed by atoms with Crippen molar-refractivity contribution in [3.63, 3.8) is 0 Å². The number of aromatic hydroxyl groups is 1. The van der Waals surface area contributed by atoms with Gasteiger partial charge in [0, 0.05) is 16.7 Å². The number of nitrogens with zero attached hydrogens (tertiary/aromatic N) is 1. The summed E-state index contributed by atoms with van der Waals surface area (Å²) >= 11 is 0. The average Bonchev–Trinajstić information content (AvgIpc) is 3.14. The number of aryl methyl sites for hydroxylation is 2. The third-order valence-corrected chi connectivity index (χ3v) is 6.05. The Morgan fingerprint density at radius 1 is 1.05 bits per heavy atom. The maximum atomic E-state index is 13.9. The van der Waals surface area contributed by atoms with Gasteiger partial charge in [0.05, 0.1) is 16.9 Å². The molecule has 0 saturated carbocycles. The molecular formula is C27H22F3N3O4. The molecule has 190 valence electrons. The van der Waals surface area contributed by atoms with Gasteiger partial charge in [0.15, 0.2) is 5.71 Å². The summed E-state index contributed by atoms with van der Waals surface area (Å²) in [6.45, 7) is 5.05. The Morgan fingerprint density at radius 2 is 1.78 bits per heavy atom. The Kier molecular flexibility index (Phi) is 6.51. The van der Waals surface area contributed by atoms with Crippen LogP contribution < -0.4 is 10.7 Å². The first-order valence-corrected chi connectivity index (χ1v) is 11.1. The normalized spacial score (nSPS) is 14.5. The number of halogens is 3. The molecule has 0 aromatic heterocycles. The Labute approximate surface area is 210 Å². The zero-order chi connectivity index (χ0) is 27.1. The molecule has 0 fully saturated rings. The molecule has 1 aliphatic rings. The second-order valence-corrected chi connectivity index (χ2v) is 8.64. The van der Waals surface area contributed by atoms with E-state index in [2.05, 4.69) is 15.8 Å². The fraction of sp³-hybridized carbons (Fsp3) is 0.148. The van der Waals surface area contributed by atoms with E-state index in [0.29, 0.717) is 11.1 Å². The minimum atomic E-state index is -4.66. The molecule has 0 unspecified atom stereocenters. The predicted molar refractivity (Wildman–Crippen MR) is 135 cm³/mol. The minimum Gasteiger partial charge on any atom is -0.506 e. The Morgan fingerprint density at radius 3 is 2.41 bits per heavy atom. The van der Waals surface area contributed by atoms with Crippen LogP contribution in [-0.4, -0.2) is 27.8 Å². The van der Waals surface area contributed by atoms with Crippen molar-refractivity contribution in [1.29, 1.82) is 0 Å². The van der Waals surface area contributed by atoms with Crippen molar-refractivity contribution in [3.8, 4) is 16.9 Å². The number of anilines is 2. The number of phenols is 1. The fourth-order valence-corrected chi connectivity index (χ4v) is 3.93. The van der Waals surface area contributed by atoms with Crippen LogP contribution in [0.2, 0.25) is 0 Å². The first-order chi connectivity index (χ1) is 17.4. The van der Waals surface area contributed by atoms with Crippen LogP contribution in [0.1, 0.15) is 34.7 Å². The highest BCUT2D eigenvalue weighted by molar-refractivity contribution is 6.54. The number of benzene rings is 3. The van der Waals surface area contributed by atoms with Gasteiger partial charge in [-0.2, -0.15) is 18.3 Å². The van der Waals surface area contributed by atoms with Gasteiger partial charge in [-0.15, -0.1) is 0 Å². The molecule has 0 atom stereocenters. The Balaban J connectivity index is 1.75. The molecule has 1 heterocycles. The molecule has 37 heavy (non-hydrogen) atoms. The van der Waals surface area contributed by atoms with E-state index >= 15 is 0 Å². The third-order valence-electron chi connectivity index (χ3n) is 6.05. The molecular weight excluding hydrogens is 487 g/mol. The summed E-state index contributed by atoms with van der Waals surface area (Å²) in [5.74, 6) is -2.07. The number of aliphatic carboxylic acids is 1. The van der Waals surface area contributed by atoms with Crippen LogP contribution in [0.5, 0.6) is 5.75 Å². The number of hydrogen-bond donors (Lipinski definition) is 4. The highest BCUT2D eigenvalue weighted by atomic mass is 19.4. The number of fused-ring (bicyclic) bond motifs is 1. The summed E-state index contributed by atoms with van der Waals surface area (Å²) in [5, 5.41) is 25.9. The fourth-order valence-electron chi connectivity index (χ4n) is 3.93. The molecule has 3 aromatic carbocycles. The zero-order valence-electron chi connectivity index (χ0n) is 20.0. The van der Waals surface area contributed by atoms with Crippen LogP contribution in [0.15, 0.2) is 59.2 Å². The minimum absolute atomic E-state index is 0.00233. The lowest BCUT2D eigenvalue weighted by atomic mass is 9.92. The number of hydrogen-bond acceptors (Lipinski definition) is 5. The van der Waals surface area contributed by atoms with E-state index in [9.17, 15) is 27.9 Å². The van der Waals surface area contributed by atoms with Gasteiger partial charge in [-0.05, 0) is 73.4 Å². The highest BCUT2D eigenvalue weighted by Crippen LogP contribution is 2.45. The summed E-state index contributed by atoms with van der Waals surface area (Å²) in [6, 6.07) is 11.3. The van der Waals surface area contributed by atoms with Gasteiger partial charge in [-0.3, -0.25) is 10.2 Å². The lowest BCUT2D eigenvalue weighted by molar-refractivity contribution is -0.137. The zero-order valence-corrected chi connectivity index (χ0v) is 20.0. The van der Waals surface area contributed by atoms with Gasteiger partial charge in [-0.25, -0.2) is 4.79 Å². The molecule has 1 amide bonds. The molecule has 7 nitrogen and oxygen atoms in total. The second-order valence-electron chi connectivity index (χ2n) is 8.64. The average molecular weight is 509 g/mol. The SMILES string of the molecule is CC(=Cc1ccc(NN=C2C(=O)Nc3c2ccc(C(F)(F)F)c3-c2ccc(C)c(C)c2)c(O)c1)C(=O)O. The molecule has 4 rings (SSSR count). The number of amides is 1. The number of hydrazone groups is 1. The van der Waals surface area contributed by atoms with E-state index in [1.165, 1.54) is 37.3 Å². The van der Waals surface area contributed by atoms with E-state index < -0.39 is 23.6 Å². The summed E-state index contributed by atoms with van der Waals surface area (Å²) in [7, 11) is 0. The van der Waals surface area contributed by atoms with Crippen molar-refractivity contribution >= 4 is 35.0 Å². The molecule has 10 heteroatoms. The van der Waals surface area contributed by atoms with Crippen LogP contribution in [0.4, 0.5) is 24.5 Å². The summed E-state index contributed by atoms with van der Waals surface area (Å²) in [6.07, 6.45) is -3.29. The number of carboxylic acid groups (broad SMARTS) is 1. The van der Waals surface area contributed by atoms with E-state index in [0.717, 1.165) is 17.2 Å². The molecule has 3 aromatic rings. The van der Waals surface area contributed by atoms with Crippen LogP contribution in [0.3, 0.4) is 0 Å². The Hall–Kier alpha value is -4.60. The predicted octanol–water partition coefficient (Wildman–Crippen LogP) is 5.95. The lowest BCUT2D eigenvalue weighted by Gasteiger charge is -2.17. The number of carboxylic acids is 1. The van der Waals surface area contributed by atoms with Crippen molar-refractivity contribution in [2.45, 2.75) is 26.9 Å². The van der Waals surface area contributed by atoms with Gasteiger partial charge in [-0.1, -0.05) is 24.3 Å². The van der Waals surface area contributed by atoms with Crippen molar-refractivity contribution in [2.24, 2.45) is 5.10 Å². The van der Waals surface area contributed by atoms with Crippen molar-refractivity contribution < 1.29 is 33.0 Å². The summed E-state index contributed by atoms with van der Waals surface area (Å²) in [5.41, 5.74) is 4.18. The first-order valence-electron chi connectivity index (χ1n) is 11.1. The van der Waals surface area contributed by atoms with Crippen molar-refractivity contribution in [1.82, 2.24) is 0 Å². The van der Waals surface area contributed by atoms with Crippen LogP contribution in [0, 0.1) is 13.8 Å². The van der Waals surface area contributed by atoms with Gasteiger partial charge in [0.2, 0.25) is 0 Å². The van der Waals surface area contributed by atoms with Gasteiger partial charge >= 0.3 is 12.1 Å². The molecule has 0 aliphatic carbocycles. The molecule has 0 radical (unpaired) electrons. The van der Waals surface area contributed by atoms with Gasteiger partial charge in [0.1, 0.15) is 5.75 Å². The van der Waals surface area contributed by atoms with Crippen molar-refractivity contribution in [2.75, 3.05) is 10.7 Å². The van der Waals surface area contributed by atoms with Gasteiger partial charge in [0.25, 0.3) is 5.91 Å². The molecule has 1 aliphatic heterocycles. The molecule has 0 bridgehead atoms.